The van der Waals surface area contributed by atoms with Crippen LogP contribution in [-0.4, -0.2) is 19.9 Å². The smallest absolute Gasteiger partial charge is 0.185 e. The predicted molar refractivity (Wildman–Crippen MR) is 89.5 cm³/mol. The maximum absolute atomic E-state index is 14.2. The SMILES string of the molecule is CC(C)(C)P(c1nccn1-c1c(F)ccc(F)c1F)C(C)(C)C. The van der Waals surface area contributed by atoms with Gasteiger partial charge in [-0.25, -0.2) is 18.2 Å². The van der Waals surface area contributed by atoms with E-state index in [0.29, 0.717) is 5.57 Å². The number of hydrogen-bond acceptors (Lipinski definition) is 1. The van der Waals surface area contributed by atoms with Gasteiger partial charge < -0.3 is 0 Å². The van der Waals surface area contributed by atoms with Gasteiger partial charge in [-0.1, -0.05) is 41.5 Å². The third-order valence-corrected chi connectivity index (χ3v) is 6.84. The molecule has 2 rings (SSSR count). The number of benzene rings is 1. The van der Waals surface area contributed by atoms with Crippen molar-refractivity contribution < 1.29 is 13.2 Å². The average Bonchev–Trinajstić information content (AvgIpc) is 2.79. The molecule has 0 aliphatic carbocycles. The van der Waals surface area contributed by atoms with E-state index in [-0.39, 0.29) is 10.3 Å². The molecule has 0 amide bonds. The molecular weight excluding hydrogens is 320 g/mol. The van der Waals surface area contributed by atoms with Gasteiger partial charge in [0.15, 0.2) is 11.6 Å². The highest BCUT2D eigenvalue weighted by Gasteiger charge is 2.39. The zero-order valence-electron chi connectivity index (χ0n) is 14.3. The Morgan fingerprint density at radius 3 is 1.96 bits per heavy atom. The molecule has 0 saturated carbocycles. The quantitative estimate of drug-likeness (QED) is 0.555. The summed E-state index contributed by atoms with van der Waals surface area (Å²) < 4.78 is 43.3. The van der Waals surface area contributed by atoms with E-state index in [9.17, 15) is 13.2 Å². The number of halogens is 3. The Kier molecular flexibility index (Phi) is 4.64. The molecule has 2 aromatic rings. The molecular formula is C17H22F3N2P. The molecule has 1 aromatic carbocycles. The maximum Gasteiger partial charge on any atom is 0.185 e. The first-order chi connectivity index (χ1) is 10.4. The van der Waals surface area contributed by atoms with Gasteiger partial charge in [0.05, 0.1) is 0 Å². The highest BCUT2D eigenvalue weighted by molar-refractivity contribution is 7.68. The molecule has 0 saturated heterocycles. The number of rotatable bonds is 2. The number of aromatic nitrogens is 2. The number of imidazole rings is 1. The molecule has 1 heterocycles. The third-order valence-electron chi connectivity index (χ3n) is 3.42. The van der Waals surface area contributed by atoms with Crippen molar-refractivity contribution >= 4 is 13.5 Å². The van der Waals surface area contributed by atoms with Crippen LogP contribution < -0.4 is 5.57 Å². The van der Waals surface area contributed by atoms with E-state index in [1.165, 1.54) is 17.0 Å². The summed E-state index contributed by atoms with van der Waals surface area (Å²) in [7, 11) is -0.884. The Balaban J connectivity index is 2.72. The minimum atomic E-state index is -1.19. The average molecular weight is 342 g/mol. The van der Waals surface area contributed by atoms with Crippen molar-refractivity contribution in [2.75, 3.05) is 0 Å². The molecule has 126 valence electrons. The highest BCUT2D eigenvalue weighted by atomic mass is 31.1. The molecule has 0 radical (unpaired) electrons. The fourth-order valence-corrected chi connectivity index (χ4v) is 6.76. The normalized spacial score (nSPS) is 13.0. The molecule has 2 nitrogen and oxygen atoms in total. The van der Waals surface area contributed by atoms with Gasteiger partial charge in [0, 0.05) is 12.4 Å². The van der Waals surface area contributed by atoms with Crippen molar-refractivity contribution in [1.29, 1.82) is 0 Å². The van der Waals surface area contributed by atoms with Crippen LogP contribution in [0.4, 0.5) is 13.2 Å². The van der Waals surface area contributed by atoms with Gasteiger partial charge in [0.25, 0.3) is 0 Å². The van der Waals surface area contributed by atoms with Gasteiger partial charge in [0.2, 0.25) is 0 Å². The molecule has 6 heteroatoms. The van der Waals surface area contributed by atoms with Crippen LogP contribution in [0.25, 0.3) is 5.69 Å². The first kappa shape index (κ1) is 18.0. The Bertz CT molecular complexity index is 698. The van der Waals surface area contributed by atoms with Crippen LogP contribution in [0, 0.1) is 17.5 Å². The van der Waals surface area contributed by atoms with Gasteiger partial charge in [-0.2, -0.15) is 0 Å². The van der Waals surface area contributed by atoms with Gasteiger partial charge >= 0.3 is 0 Å². The third kappa shape index (κ3) is 3.45. The van der Waals surface area contributed by atoms with Gasteiger partial charge in [-0.15, -0.1) is 0 Å². The summed E-state index contributed by atoms with van der Waals surface area (Å²) in [5.41, 5.74) is 0.182. The second kappa shape index (κ2) is 5.94. The minimum Gasteiger partial charge on any atom is -0.295 e. The largest absolute Gasteiger partial charge is 0.295 e. The lowest BCUT2D eigenvalue weighted by atomic mass is 10.2. The van der Waals surface area contributed by atoms with Crippen molar-refractivity contribution in [3.8, 4) is 5.69 Å². The van der Waals surface area contributed by atoms with E-state index in [0.717, 1.165) is 12.1 Å². The molecule has 0 aliphatic heterocycles. The monoisotopic (exact) mass is 342 g/mol. The second-order valence-corrected chi connectivity index (χ2v) is 11.2. The summed E-state index contributed by atoms with van der Waals surface area (Å²) in [5, 5.41) is -0.256. The van der Waals surface area contributed by atoms with Crippen LogP contribution >= 0.6 is 7.92 Å². The summed E-state index contributed by atoms with van der Waals surface area (Å²) >= 11 is 0. The molecule has 0 atom stereocenters. The summed E-state index contributed by atoms with van der Waals surface area (Å²) in [6, 6.07) is 1.73. The molecule has 0 fully saturated rings. The standard InChI is InChI=1S/C17H22F3N2P/c1-16(2,3)23(17(4,5)6)15-21-9-10-22(15)14-12(19)8-7-11(18)13(14)20/h7-10H,1-6H3. The molecule has 0 aliphatic rings. The molecule has 1 aromatic heterocycles. The maximum atomic E-state index is 14.2. The fourth-order valence-electron chi connectivity index (χ4n) is 2.98. The topological polar surface area (TPSA) is 17.8 Å². The molecule has 0 N–H and O–H groups in total. The summed E-state index contributed by atoms with van der Waals surface area (Å²) in [5.74, 6) is -3.07. The van der Waals surface area contributed by atoms with Crippen LogP contribution in [0.3, 0.4) is 0 Å². The molecule has 0 bridgehead atoms. The predicted octanol–water partition coefficient (Wildman–Crippen LogP) is 4.99. The van der Waals surface area contributed by atoms with E-state index in [1.807, 2.05) is 0 Å². The van der Waals surface area contributed by atoms with Crippen LogP contribution in [-0.2, 0) is 0 Å². The van der Waals surface area contributed by atoms with Gasteiger partial charge in [-0.3, -0.25) is 4.57 Å². The zero-order valence-corrected chi connectivity index (χ0v) is 15.2. The van der Waals surface area contributed by atoms with Gasteiger partial charge in [-0.05, 0) is 30.4 Å². The van der Waals surface area contributed by atoms with Crippen LogP contribution in [0.1, 0.15) is 41.5 Å². The van der Waals surface area contributed by atoms with E-state index in [4.69, 9.17) is 0 Å². The second-order valence-electron chi connectivity index (χ2n) is 7.47. The molecule has 23 heavy (non-hydrogen) atoms. The van der Waals surface area contributed by atoms with Crippen LogP contribution in [0.15, 0.2) is 24.5 Å². The van der Waals surface area contributed by atoms with Crippen molar-refractivity contribution in [1.82, 2.24) is 9.55 Å². The van der Waals surface area contributed by atoms with Crippen molar-refractivity contribution in [3.05, 3.63) is 42.0 Å². The zero-order chi connectivity index (χ0) is 17.6. The minimum absolute atomic E-state index is 0.128. The van der Waals surface area contributed by atoms with Crippen LogP contribution in [0.2, 0.25) is 0 Å². The lowest BCUT2D eigenvalue weighted by Gasteiger charge is -2.40. The highest BCUT2D eigenvalue weighted by Crippen LogP contribution is 2.58. The van der Waals surface area contributed by atoms with Crippen molar-refractivity contribution in [2.45, 2.75) is 51.9 Å². The Morgan fingerprint density at radius 1 is 0.913 bits per heavy atom. The van der Waals surface area contributed by atoms with E-state index >= 15 is 0 Å². The lowest BCUT2D eigenvalue weighted by molar-refractivity contribution is 0.489. The lowest BCUT2D eigenvalue weighted by Crippen LogP contribution is -2.35. The van der Waals surface area contributed by atoms with Crippen molar-refractivity contribution in [2.24, 2.45) is 0 Å². The Labute approximate surface area is 136 Å². The molecule has 0 unspecified atom stereocenters. The summed E-state index contributed by atoms with van der Waals surface area (Å²) in [6.07, 6.45) is 3.00. The fraction of sp³-hybridized carbons (Fsp3) is 0.471. The van der Waals surface area contributed by atoms with E-state index in [2.05, 4.69) is 46.5 Å². The number of hydrogen-bond donors (Lipinski definition) is 0. The molecule has 0 spiro atoms. The van der Waals surface area contributed by atoms with Crippen LogP contribution in [0.5, 0.6) is 0 Å². The number of nitrogens with zero attached hydrogens (tertiary/aromatic N) is 2. The van der Waals surface area contributed by atoms with Gasteiger partial charge in [0.1, 0.15) is 17.1 Å². The summed E-state index contributed by atoms with van der Waals surface area (Å²) in [6.45, 7) is 12.5. The first-order valence-electron chi connectivity index (χ1n) is 7.42. The summed E-state index contributed by atoms with van der Waals surface area (Å²) in [4.78, 5) is 4.37. The Morgan fingerprint density at radius 2 is 1.43 bits per heavy atom. The van der Waals surface area contributed by atoms with E-state index in [1.54, 1.807) is 0 Å². The van der Waals surface area contributed by atoms with Crippen molar-refractivity contribution in [3.63, 3.8) is 0 Å². The first-order valence-corrected chi connectivity index (χ1v) is 8.76. The van der Waals surface area contributed by atoms with E-state index < -0.39 is 31.1 Å². The Hall–Kier alpha value is -1.35.